The van der Waals surface area contributed by atoms with E-state index in [0.29, 0.717) is 0 Å². The summed E-state index contributed by atoms with van der Waals surface area (Å²) in [5.41, 5.74) is 6.39. The third-order valence-corrected chi connectivity index (χ3v) is 4.41. The van der Waals surface area contributed by atoms with Crippen LogP contribution in [0.5, 0.6) is 5.75 Å². The van der Waals surface area contributed by atoms with E-state index in [9.17, 15) is 0 Å². The number of nitrogens with zero attached hydrogens (tertiary/aromatic N) is 1. The lowest BCUT2D eigenvalue weighted by molar-refractivity contribution is 0.415. The summed E-state index contributed by atoms with van der Waals surface area (Å²) in [7, 11) is 1.71. The first-order chi connectivity index (χ1) is 11.3. The summed E-state index contributed by atoms with van der Waals surface area (Å²) in [5.74, 6) is 0.889. The molecule has 0 aliphatic rings. The minimum absolute atomic E-state index is 0.889. The van der Waals surface area contributed by atoms with Crippen LogP contribution in [0.1, 0.15) is 36.2 Å². The Kier molecular flexibility index (Phi) is 4.61. The molecular weight excluding hydrogens is 282 g/mol. The molecule has 0 bridgehead atoms. The molecule has 0 unspecified atom stereocenters. The molecule has 0 fully saturated rings. The Morgan fingerprint density at radius 3 is 2.35 bits per heavy atom. The molecule has 118 valence electrons. The predicted molar refractivity (Wildman–Crippen MR) is 96.3 cm³/mol. The van der Waals surface area contributed by atoms with Crippen molar-refractivity contribution >= 4 is 10.9 Å². The molecule has 2 aromatic carbocycles. The minimum atomic E-state index is 0.889. The summed E-state index contributed by atoms with van der Waals surface area (Å²) in [6.45, 7) is 4.40. The van der Waals surface area contributed by atoms with Crippen LogP contribution in [0, 0.1) is 0 Å². The van der Waals surface area contributed by atoms with E-state index in [1.807, 2.05) is 6.07 Å². The van der Waals surface area contributed by atoms with E-state index in [1.54, 1.807) is 7.11 Å². The molecule has 0 spiro atoms. The van der Waals surface area contributed by atoms with Gasteiger partial charge < -0.3 is 4.74 Å². The molecule has 2 nitrogen and oxygen atoms in total. The summed E-state index contributed by atoms with van der Waals surface area (Å²) >= 11 is 0. The Hall–Kier alpha value is -2.35. The van der Waals surface area contributed by atoms with E-state index < -0.39 is 0 Å². The van der Waals surface area contributed by atoms with Crippen molar-refractivity contribution < 1.29 is 4.74 Å². The van der Waals surface area contributed by atoms with Crippen LogP contribution in [-0.2, 0) is 19.3 Å². The normalized spacial score (nSPS) is 10.9. The highest BCUT2D eigenvalue weighted by atomic mass is 16.5. The van der Waals surface area contributed by atoms with Gasteiger partial charge >= 0.3 is 0 Å². The lowest BCUT2D eigenvalue weighted by Gasteiger charge is -2.16. The fourth-order valence-electron chi connectivity index (χ4n) is 3.24. The van der Waals surface area contributed by atoms with Crippen LogP contribution >= 0.6 is 0 Å². The van der Waals surface area contributed by atoms with Crippen LogP contribution < -0.4 is 4.74 Å². The molecule has 0 aliphatic heterocycles. The smallest absolute Gasteiger partial charge is 0.119 e. The zero-order chi connectivity index (χ0) is 16.2. The van der Waals surface area contributed by atoms with Gasteiger partial charge in [-0.05, 0) is 54.2 Å². The van der Waals surface area contributed by atoms with Crippen molar-refractivity contribution in [2.24, 2.45) is 0 Å². The molecule has 3 rings (SSSR count). The fraction of sp³-hybridized carbons (Fsp3) is 0.286. The number of ether oxygens (including phenoxy) is 1. The second-order valence-electron chi connectivity index (χ2n) is 5.77. The summed E-state index contributed by atoms with van der Waals surface area (Å²) in [5, 5.41) is 1.21. The number of aryl methyl sites for hydroxylation is 1. The van der Waals surface area contributed by atoms with Gasteiger partial charge in [-0.25, -0.2) is 0 Å². The molecule has 0 atom stereocenters. The maximum Gasteiger partial charge on any atom is 0.119 e. The first-order valence-corrected chi connectivity index (χ1v) is 8.29. The van der Waals surface area contributed by atoms with Crippen LogP contribution in [-0.4, -0.2) is 12.1 Å². The third-order valence-electron chi connectivity index (χ3n) is 4.41. The number of fused-ring (bicyclic) bond motifs is 1. The van der Waals surface area contributed by atoms with Gasteiger partial charge in [0.25, 0.3) is 0 Å². The first kappa shape index (κ1) is 15.5. The van der Waals surface area contributed by atoms with Gasteiger partial charge in [-0.3, -0.25) is 4.98 Å². The highest BCUT2D eigenvalue weighted by Crippen LogP contribution is 2.29. The van der Waals surface area contributed by atoms with Crippen molar-refractivity contribution in [2.75, 3.05) is 7.11 Å². The number of pyridine rings is 1. The first-order valence-electron chi connectivity index (χ1n) is 8.29. The predicted octanol–water partition coefficient (Wildman–Crippen LogP) is 4.96. The van der Waals surface area contributed by atoms with Crippen molar-refractivity contribution in [1.29, 1.82) is 0 Å². The van der Waals surface area contributed by atoms with Crippen LogP contribution in [0.4, 0.5) is 0 Å². The van der Waals surface area contributed by atoms with Crippen molar-refractivity contribution in [3.8, 4) is 5.75 Å². The zero-order valence-corrected chi connectivity index (χ0v) is 14.1. The van der Waals surface area contributed by atoms with Crippen molar-refractivity contribution in [3.63, 3.8) is 0 Å². The van der Waals surface area contributed by atoms with E-state index in [1.165, 1.54) is 27.8 Å². The van der Waals surface area contributed by atoms with Crippen LogP contribution in [0.15, 0.2) is 48.5 Å². The van der Waals surface area contributed by atoms with Gasteiger partial charge in [0.2, 0.25) is 0 Å². The van der Waals surface area contributed by atoms with E-state index in [0.717, 1.165) is 30.5 Å². The average Bonchev–Trinajstić information content (AvgIpc) is 2.61. The molecular formula is C21H23NO. The highest BCUT2D eigenvalue weighted by Gasteiger charge is 2.14. The number of aromatic nitrogens is 1. The van der Waals surface area contributed by atoms with E-state index in [2.05, 4.69) is 56.3 Å². The van der Waals surface area contributed by atoms with Gasteiger partial charge in [0.1, 0.15) is 5.75 Å². The Labute approximate surface area is 138 Å². The molecule has 1 heterocycles. The molecule has 2 heteroatoms. The van der Waals surface area contributed by atoms with Crippen LogP contribution in [0.25, 0.3) is 10.9 Å². The van der Waals surface area contributed by atoms with Gasteiger partial charge in [0.15, 0.2) is 0 Å². The number of rotatable bonds is 5. The third kappa shape index (κ3) is 3.07. The van der Waals surface area contributed by atoms with Crippen molar-refractivity contribution in [1.82, 2.24) is 4.98 Å². The molecule has 0 radical (unpaired) electrons. The quantitative estimate of drug-likeness (QED) is 0.664. The van der Waals surface area contributed by atoms with Gasteiger partial charge in [0, 0.05) is 11.1 Å². The van der Waals surface area contributed by atoms with Crippen molar-refractivity contribution in [2.45, 2.75) is 33.1 Å². The fourth-order valence-corrected chi connectivity index (χ4v) is 3.24. The summed E-state index contributed by atoms with van der Waals surface area (Å²) in [4.78, 5) is 4.89. The van der Waals surface area contributed by atoms with E-state index in [4.69, 9.17) is 9.72 Å². The Morgan fingerprint density at radius 2 is 1.70 bits per heavy atom. The zero-order valence-electron chi connectivity index (χ0n) is 14.1. The molecule has 0 N–H and O–H groups in total. The summed E-state index contributed by atoms with van der Waals surface area (Å²) < 4.78 is 5.43. The Bertz CT molecular complexity index is 809. The largest absolute Gasteiger partial charge is 0.497 e. The van der Waals surface area contributed by atoms with E-state index in [-0.39, 0.29) is 0 Å². The van der Waals surface area contributed by atoms with Gasteiger partial charge in [0.05, 0.1) is 12.6 Å². The number of methoxy groups -OCH3 is 1. The lowest BCUT2D eigenvalue weighted by atomic mass is 9.92. The standard InChI is InChI=1S/C21H23NO/c1-4-17-18(13-15-9-7-6-8-10-15)19-14-16(23-3)11-12-21(19)22-20(17)5-2/h6-12,14H,4-5,13H2,1-3H3. The minimum Gasteiger partial charge on any atom is -0.497 e. The second kappa shape index (κ2) is 6.82. The number of hydrogen-bond acceptors (Lipinski definition) is 2. The molecule has 0 amide bonds. The lowest BCUT2D eigenvalue weighted by Crippen LogP contribution is -2.04. The maximum absolute atomic E-state index is 5.43. The second-order valence-corrected chi connectivity index (χ2v) is 5.77. The molecule has 1 aromatic heterocycles. The average molecular weight is 305 g/mol. The summed E-state index contributed by atoms with van der Waals surface area (Å²) in [6.07, 6.45) is 2.90. The Balaban J connectivity index is 2.25. The highest BCUT2D eigenvalue weighted by molar-refractivity contribution is 5.85. The van der Waals surface area contributed by atoms with Gasteiger partial charge in [-0.1, -0.05) is 44.2 Å². The van der Waals surface area contributed by atoms with Crippen LogP contribution in [0.2, 0.25) is 0 Å². The maximum atomic E-state index is 5.43. The molecule has 0 aliphatic carbocycles. The molecule has 3 aromatic rings. The summed E-state index contributed by atoms with van der Waals surface area (Å²) in [6, 6.07) is 16.8. The SMILES string of the molecule is CCc1nc2ccc(OC)cc2c(Cc2ccccc2)c1CC. The molecule has 0 saturated carbocycles. The van der Waals surface area contributed by atoms with Gasteiger partial charge in [-0.2, -0.15) is 0 Å². The van der Waals surface area contributed by atoms with Gasteiger partial charge in [-0.15, -0.1) is 0 Å². The van der Waals surface area contributed by atoms with Crippen LogP contribution in [0.3, 0.4) is 0 Å². The number of hydrogen-bond donors (Lipinski definition) is 0. The molecule has 23 heavy (non-hydrogen) atoms. The van der Waals surface area contributed by atoms with E-state index >= 15 is 0 Å². The monoisotopic (exact) mass is 305 g/mol. The topological polar surface area (TPSA) is 22.1 Å². The Morgan fingerprint density at radius 1 is 0.913 bits per heavy atom. The van der Waals surface area contributed by atoms with Crippen molar-refractivity contribution in [3.05, 3.63) is 70.9 Å². The molecule has 0 saturated heterocycles. The number of benzene rings is 2.